The molecular formula is C20H21F3N2O6S. The maximum atomic E-state index is 12.9. The molecule has 3 rings (SSSR count). The fourth-order valence-electron chi connectivity index (χ4n) is 3.21. The number of ether oxygens (including phenoxy) is 3. The van der Waals surface area contributed by atoms with Gasteiger partial charge in [-0.15, -0.1) is 13.2 Å². The molecule has 1 fully saturated rings. The summed E-state index contributed by atoms with van der Waals surface area (Å²) in [5.74, 6) is 0.0900. The summed E-state index contributed by atoms with van der Waals surface area (Å²) in [6.45, 7) is 0.367. The first-order chi connectivity index (χ1) is 15.0. The third kappa shape index (κ3) is 5.43. The second-order valence-electron chi connectivity index (χ2n) is 6.82. The number of sulfonamides is 1. The number of carbonyl (C=O) groups excluding carboxylic acids is 1. The largest absolute Gasteiger partial charge is 0.573 e. The molecule has 1 saturated heterocycles. The summed E-state index contributed by atoms with van der Waals surface area (Å²) >= 11 is 0. The van der Waals surface area contributed by atoms with Crippen molar-refractivity contribution in [3.8, 4) is 17.2 Å². The quantitative estimate of drug-likeness (QED) is 0.640. The first-order valence-corrected chi connectivity index (χ1v) is 10.9. The summed E-state index contributed by atoms with van der Waals surface area (Å²) in [4.78, 5) is 14.2. The van der Waals surface area contributed by atoms with E-state index in [0.29, 0.717) is 17.1 Å². The van der Waals surface area contributed by atoms with Gasteiger partial charge in [0.15, 0.2) is 0 Å². The number of rotatable bonds is 6. The van der Waals surface area contributed by atoms with Gasteiger partial charge in [0.25, 0.3) is 5.91 Å². The molecule has 32 heavy (non-hydrogen) atoms. The molecule has 2 aromatic rings. The van der Waals surface area contributed by atoms with E-state index in [1.54, 1.807) is 18.2 Å². The van der Waals surface area contributed by atoms with E-state index >= 15 is 0 Å². The van der Waals surface area contributed by atoms with Gasteiger partial charge in [0.2, 0.25) is 10.0 Å². The Hall–Kier alpha value is -2.99. The van der Waals surface area contributed by atoms with Crippen molar-refractivity contribution < 1.29 is 40.6 Å². The van der Waals surface area contributed by atoms with Crippen LogP contribution in [0.1, 0.15) is 10.4 Å². The van der Waals surface area contributed by atoms with Gasteiger partial charge in [-0.2, -0.15) is 4.31 Å². The van der Waals surface area contributed by atoms with Crippen LogP contribution in [0.3, 0.4) is 0 Å². The number of benzene rings is 2. The lowest BCUT2D eigenvalue weighted by Gasteiger charge is -2.34. The van der Waals surface area contributed by atoms with Crippen LogP contribution in [-0.4, -0.2) is 70.3 Å². The van der Waals surface area contributed by atoms with E-state index in [0.717, 1.165) is 24.3 Å². The molecule has 0 aromatic heterocycles. The van der Waals surface area contributed by atoms with Crippen LogP contribution in [0.2, 0.25) is 0 Å². The van der Waals surface area contributed by atoms with Gasteiger partial charge in [0.1, 0.15) is 17.2 Å². The monoisotopic (exact) mass is 474 g/mol. The molecule has 2 aromatic carbocycles. The summed E-state index contributed by atoms with van der Waals surface area (Å²) in [5, 5.41) is 0. The van der Waals surface area contributed by atoms with Crippen LogP contribution in [0.4, 0.5) is 13.2 Å². The Bertz CT molecular complexity index is 1040. The zero-order valence-corrected chi connectivity index (χ0v) is 18.1. The molecule has 0 saturated carbocycles. The lowest BCUT2D eigenvalue weighted by atomic mass is 10.1. The molecule has 1 heterocycles. The number of carbonyl (C=O) groups is 1. The van der Waals surface area contributed by atoms with Crippen molar-refractivity contribution >= 4 is 15.9 Å². The number of methoxy groups -OCH3 is 2. The standard InChI is InChI=1S/C20H21F3N2O6S/c1-29-16-11-14(12-17(13-16)30-2)19(26)24-7-9-25(10-8-24)32(27,28)18-5-3-15(4-6-18)31-20(21,22)23/h3-6,11-13H,7-10H2,1-2H3. The number of hydrogen-bond donors (Lipinski definition) is 0. The molecule has 0 aliphatic carbocycles. The molecule has 0 unspecified atom stereocenters. The molecule has 0 bridgehead atoms. The van der Waals surface area contributed by atoms with Gasteiger partial charge < -0.3 is 19.1 Å². The van der Waals surface area contributed by atoms with Gasteiger partial charge in [0, 0.05) is 37.8 Å². The van der Waals surface area contributed by atoms with Gasteiger partial charge in [-0.3, -0.25) is 4.79 Å². The van der Waals surface area contributed by atoms with Crippen molar-refractivity contribution in [1.29, 1.82) is 0 Å². The minimum atomic E-state index is -4.87. The average molecular weight is 474 g/mol. The Labute approximate surface area is 183 Å². The SMILES string of the molecule is COc1cc(OC)cc(C(=O)N2CCN(S(=O)(=O)c3ccc(OC(F)(F)F)cc3)CC2)c1. The molecule has 0 atom stereocenters. The maximum Gasteiger partial charge on any atom is 0.573 e. The predicted octanol–water partition coefficient (Wildman–Crippen LogP) is 2.75. The highest BCUT2D eigenvalue weighted by atomic mass is 32.2. The summed E-state index contributed by atoms with van der Waals surface area (Å²) < 4.78 is 77.8. The van der Waals surface area contributed by atoms with Crippen LogP contribution >= 0.6 is 0 Å². The van der Waals surface area contributed by atoms with Gasteiger partial charge in [-0.1, -0.05) is 0 Å². The van der Waals surface area contributed by atoms with Crippen molar-refractivity contribution in [1.82, 2.24) is 9.21 Å². The fourth-order valence-corrected chi connectivity index (χ4v) is 4.63. The molecule has 0 N–H and O–H groups in total. The Kier molecular flexibility index (Phi) is 6.84. The summed E-state index contributed by atoms with van der Waals surface area (Å²) in [5.41, 5.74) is 0.345. The molecule has 8 nitrogen and oxygen atoms in total. The Morgan fingerprint density at radius 3 is 1.88 bits per heavy atom. The number of nitrogens with zero attached hydrogens (tertiary/aromatic N) is 2. The van der Waals surface area contributed by atoms with Crippen molar-refractivity contribution in [3.63, 3.8) is 0 Å². The summed E-state index contributed by atoms with van der Waals surface area (Å²) in [6.07, 6.45) is -4.87. The molecule has 174 valence electrons. The van der Waals surface area contributed by atoms with Gasteiger partial charge in [0.05, 0.1) is 19.1 Å². The minimum absolute atomic E-state index is 0.0377. The van der Waals surface area contributed by atoms with Gasteiger partial charge >= 0.3 is 6.36 Å². The van der Waals surface area contributed by atoms with Crippen molar-refractivity contribution in [2.45, 2.75) is 11.3 Å². The zero-order chi connectivity index (χ0) is 23.5. The summed E-state index contributed by atoms with van der Waals surface area (Å²) in [6, 6.07) is 8.75. The van der Waals surface area contributed by atoms with Gasteiger partial charge in [-0.05, 0) is 36.4 Å². The van der Waals surface area contributed by atoms with Crippen molar-refractivity contribution in [2.24, 2.45) is 0 Å². The molecule has 12 heteroatoms. The van der Waals surface area contributed by atoms with E-state index in [1.165, 1.54) is 23.4 Å². The van der Waals surface area contributed by atoms with Crippen molar-refractivity contribution in [3.05, 3.63) is 48.0 Å². The first-order valence-electron chi connectivity index (χ1n) is 9.42. The van der Waals surface area contributed by atoms with Gasteiger partial charge in [-0.25, -0.2) is 8.42 Å². The minimum Gasteiger partial charge on any atom is -0.497 e. The third-order valence-corrected chi connectivity index (χ3v) is 6.73. The number of amides is 1. The molecule has 1 aliphatic heterocycles. The highest BCUT2D eigenvalue weighted by Gasteiger charge is 2.33. The van der Waals surface area contributed by atoms with Crippen molar-refractivity contribution in [2.75, 3.05) is 40.4 Å². The second kappa shape index (κ2) is 9.25. The second-order valence-corrected chi connectivity index (χ2v) is 8.75. The molecule has 1 amide bonds. The first kappa shape index (κ1) is 23.7. The van der Waals surface area contributed by atoms with E-state index in [4.69, 9.17) is 9.47 Å². The predicted molar refractivity (Wildman–Crippen MR) is 107 cm³/mol. The Morgan fingerprint density at radius 2 is 1.41 bits per heavy atom. The molecular weight excluding hydrogens is 453 g/mol. The van der Waals surface area contributed by atoms with E-state index < -0.39 is 22.1 Å². The van der Waals surface area contributed by atoms with E-state index in [2.05, 4.69) is 4.74 Å². The molecule has 1 aliphatic rings. The normalized spacial score (nSPS) is 15.3. The smallest absolute Gasteiger partial charge is 0.497 e. The van der Waals surface area contributed by atoms with Crippen LogP contribution in [-0.2, 0) is 10.0 Å². The number of piperazine rings is 1. The Balaban J connectivity index is 1.68. The van der Waals surface area contributed by atoms with E-state index in [1.807, 2.05) is 0 Å². The van der Waals surface area contributed by atoms with Crippen LogP contribution in [0.5, 0.6) is 17.2 Å². The van der Waals surface area contributed by atoms with Crippen LogP contribution in [0.25, 0.3) is 0 Å². The molecule has 0 spiro atoms. The average Bonchev–Trinajstić information content (AvgIpc) is 2.77. The number of halogens is 3. The van der Waals surface area contributed by atoms with Crippen LogP contribution in [0.15, 0.2) is 47.4 Å². The van der Waals surface area contributed by atoms with E-state index in [-0.39, 0.29) is 37.0 Å². The summed E-state index contributed by atoms with van der Waals surface area (Å²) in [7, 11) is -1.01. The zero-order valence-electron chi connectivity index (χ0n) is 17.3. The third-order valence-electron chi connectivity index (χ3n) is 4.82. The number of alkyl halides is 3. The Morgan fingerprint density at radius 1 is 0.875 bits per heavy atom. The fraction of sp³-hybridized carbons (Fsp3) is 0.350. The lowest BCUT2D eigenvalue weighted by molar-refractivity contribution is -0.274. The highest BCUT2D eigenvalue weighted by molar-refractivity contribution is 7.89. The lowest BCUT2D eigenvalue weighted by Crippen LogP contribution is -2.50. The van der Waals surface area contributed by atoms with Crippen LogP contribution in [0, 0.1) is 0 Å². The van der Waals surface area contributed by atoms with E-state index in [9.17, 15) is 26.4 Å². The topological polar surface area (TPSA) is 85.4 Å². The highest BCUT2D eigenvalue weighted by Crippen LogP contribution is 2.27. The maximum absolute atomic E-state index is 12.9. The number of hydrogen-bond acceptors (Lipinski definition) is 6. The van der Waals surface area contributed by atoms with Crippen LogP contribution < -0.4 is 14.2 Å². The molecule has 0 radical (unpaired) electrons.